The van der Waals surface area contributed by atoms with E-state index in [1.54, 1.807) is 10.8 Å². The predicted molar refractivity (Wildman–Crippen MR) is 102 cm³/mol. The molecule has 0 bridgehead atoms. The van der Waals surface area contributed by atoms with Crippen molar-refractivity contribution in [2.75, 3.05) is 18.4 Å². The van der Waals surface area contributed by atoms with E-state index in [9.17, 15) is 9.59 Å². The molecule has 2 amide bonds. The van der Waals surface area contributed by atoms with Crippen LogP contribution in [0.25, 0.3) is 10.8 Å². The summed E-state index contributed by atoms with van der Waals surface area (Å²) in [6.07, 6.45) is 6.28. The van der Waals surface area contributed by atoms with Gasteiger partial charge in [0.25, 0.3) is 5.56 Å². The number of aromatic nitrogens is 1. The Morgan fingerprint density at radius 1 is 1.08 bits per heavy atom. The first kappa shape index (κ1) is 17.5. The minimum absolute atomic E-state index is 0.00271. The third kappa shape index (κ3) is 4.03. The van der Waals surface area contributed by atoms with Gasteiger partial charge in [0.1, 0.15) is 0 Å². The van der Waals surface area contributed by atoms with Crippen molar-refractivity contribution in [2.24, 2.45) is 5.92 Å². The maximum atomic E-state index is 12.7. The van der Waals surface area contributed by atoms with Crippen molar-refractivity contribution in [1.29, 1.82) is 0 Å². The molecule has 0 saturated carbocycles. The molecule has 0 aliphatic carbocycles. The first-order valence-corrected chi connectivity index (χ1v) is 9.24. The molecule has 2 aromatic rings. The highest BCUT2D eigenvalue weighted by molar-refractivity contribution is 6.00. The highest BCUT2D eigenvalue weighted by atomic mass is 16.2. The van der Waals surface area contributed by atoms with Gasteiger partial charge in [-0.2, -0.15) is 0 Å². The van der Waals surface area contributed by atoms with Gasteiger partial charge < -0.3 is 14.8 Å². The molecule has 2 heterocycles. The fourth-order valence-electron chi connectivity index (χ4n) is 3.44. The lowest BCUT2D eigenvalue weighted by atomic mass is 10.1. The second-order valence-electron chi connectivity index (χ2n) is 7.27. The summed E-state index contributed by atoms with van der Waals surface area (Å²) < 4.78 is 1.71. The first-order chi connectivity index (χ1) is 12.1. The molecule has 1 aromatic heterocycles. The molecule has 0 atom stereocenters. The molecule has 1 saturated heterocycles. The van der Waals surface area contributed by atoms with Crippen molar-refractivity contribution in [3.05, 3.63) is 40.8 Å². The van der Waals surface area contributed by atoms with E-state index >= 15 is 0 Å². The maximum absolute atomic E-state index is 12.7. The number of nitrogens with zero attached hydrogens (tertiary/aromatic N) is 2. The average molecular weight is 341 g/mol. The Balaban J connectivity index is 1.95. The van der Waals surface area contributed by atoms with Crippen LogP contribution in [0.1, 0.15) is 39.5 Å². The van der Waals surface area contributed by atoms with Crippen molar-refractivity contribution in [3.63, 3.8) is 0 Å². The van der Waals surface area contributed by atoms with Gasteiger partial charge in [0, 0.05) is 36.6 Å². The number of carbonyl (C=O) groups is 1. The maximum Gasteiger partial charge on any atom is 0.321 e. The van der Waals surface area contributed by atoms with Crippen molar-refractivity contribution in [3.8, 4) is 0 Å². The summed E-state index contributed by atoms with van der Waals surface area (Å²) in [6, 6.07) is 7.42. The highest BCUT2D eigenvalue weighted by Crippen LogP contribution is 2.22. The lowest BCUT2D eigenvalue weighted by Gasteiger charge is -2.22. The number of hydrogen-bond acceptors (Lipinski definition) is 2. The fraction of sp³-hybridized carbons (Fsp3) is 0.500. The number of hydrogen-bond donors (Lipinski definition) is 1. The number of pyridine rings is 1. The number of carbonyl (C=O) groups excluding carboxylic acids is 1. The molecule has 5 heteroatoms. The van der Waals surface area contributed by atoms with Crippen LogP contribution in [-0.2, 0) is 6.54 Å². The molecule has 1 N–H and O–H groups in total. The third-order valence-corrected chi connectivity index (χ3v) is 4.69. The largest absolute Gasteiger partial charge is 0.325 e. The molecule has 3 rings (SSSR count). The van der Waals surface area contributed by atoms with Gasteiger partial charge in [0.05, 0.1) is 5.69 Å². The van der Waals surface area contributed by atoms with Gasteiger partial charge in [-0.25, -0.2) is 4.79 Å². The Morgan fingerprint density at radius 2 is 1.72 bits per heavy atom. The molecular weight excluding hydrogens is 314 g/mol. The number of anilines is 1. The number of likely N-dealkylation sites (tertiary alicyclic amines) is 1. The zero-order valence-electron chi connectivity index (χ0n) is 15.1. The van der Waals surface area contributed by atoms with Crippen LogP contribution in [-0.4, -0.2) is 28.6 Å². The predicted octanol–water partition coefficient (Wildman–Crippen LogP) is 4.07. The summed E-state index contributed by atoms with van der Waals surface area (Å²) in [7, 11) is 0. The van der Waals surface area contributed by atoms with Crippen LogP contribution < -0.4 is 10.9 Å². The third-order valence-electron chi connectivity index (χ3n) is 4.69. The monoisotopic (exact) mass is 341 g/mol. The highest BCUT2D eigenvalue weighted by Gasteiger charge is 2.17. The van der Waals surface area contributed by atoms with Crippen LogP contribution >= 0.6 is 0 Å². The van der Waals surface area contributed by atoms with Gasteiger partial charge >= 0.3 is 6.03 Å². The molecule has 134 valence electrons. The van der Waals surface area contributed by atoms with E-state index in [2.05, 4.69) is 19.2 Å². The lowest BCUT2D eigenvalue weighted by Crippen LogP contribution is -2.36. The van der Waals surface area contributed by atoms with Crippen molar-refractivity contribution < 1.29 is 4.79 Å². The van der Waals surface area contributed by atoms with E-state index in [1.165, 1.54) is 12.8 Å². The van der Waals surface area contributed by atoms with Gasteiger partial charge in [-0.1, -0.05) is 44.9 Å². The normalized spacial score (nSPS) is 15.4. The Kier molecular flexibility index (Phi) is 5.41. The van der Waals surface area contributed by atoms with Crippen LogP contribution in [0.4, 0.5) is 10.5 Å². The number of nitrogens with one attached hydrogen (secondary N) is 1. The van der Waals surface area contributed by atoms with Crippen molar-refractivity contribution in [1.82, 2.24) is 9.47 Å². The molecule has 25 heavy (non-hydrogen) atoms. The van der Waals surface area contributed by atoms with Crippen LogP contribution in [0.15, 0.2) is 35.3 Å². The van der Waals surface area contributed by atoms with E-state index in [-0.39, 0.29) is 11.6 Å². The molecule has 1 aliphatic rings. The minimum atomic E-state index is -0.0678. The molecule has 5 nitrogen and oxygen atoms in total. The summed E-state index contributed by atoms with van der Waals surface area (Å²) in [5.74, 6) is 0.355. The standard InChI is InChI=1S/C20H27N3O2/c1-15(2)13-23-14-18(16-9-5-6-10-17(16)19(23)24)21-20(25)22-11-7-3-4-8-12-22/h5-6,9-10,14-15H,3-4,7-8,11-13H2,1-2H3,(H,21,25). The zero-order chi connectivity index (χ0) is 17.8. The quantitative estimate of drug-likeness (QED) is 0.915. The summed E-state index contributed by atoms with van der Waals surface area (Å²) >= 11 is 0. The van der Waals surface area contributed by atoms with E-state index in [1.807, 2.05) is 29.2 Å². The van der Waals surface area contributed by atoms with E-state index in [0.717, 1.165) is 31.3 Å². The smallest absolute Gasteiger partial charge is 0.321 e. The topological polar surface area (TPSA) is 54.3 Å². The Bertz CT molecular complexity index is 802. The molecule has 1 aromatic carbocycles. The van der Waals surface area contributed by atoms with Gasteiger partial charge in [-0.3, -0.25) is 4.79 Å². The fourth-order valence-corrected chi connectivity index (χ4v) is 3.44. The van der Waals surface area contributed by atoms with Gasteiger partial charge in [-0.15, -0.1) is 0 Å². The van der Waals surface area contributed by atoms with Gasteiger partial charge in [0.15, 0.2) is 0 Å². The Morgan fingerprint density at radius 3 is 2.36 bits per heavy atom. The number of benzene rings is 1. The second kappa shape index (κ2) is 7.72. The Hall–Kier alpha value is -2.30. The number of urea groups is 1. The van der Waals surface area contributed by atoms with Crippen molar-refractivity contribution >= 4 is 22.5 Å². The molecule has 0 radical (unpaired) electrons. The summed E-state index contributed by atoms with van der Waals surface area (Å²) in [6.45, 7) is 6.40. The summed E-state index contributed by atoms with van der Waals surface area (Å²) in [5.41, 5.74) is 0.710. The van der Waals surface area contributed by atoms with E-state index < -0.39 is 0 Å². The Labute approximate surface area is 148 Å². The molecule has 0 spiro atoms. The lowest BCUT2D eigenvalue weighted by molar-refractivity contribution is 0.214. The van der Waals surface area contributed by atoms with Crippen LogP contribution in [0.5, 0.6) is 0 Å². The van der Waals surface area contributed by atoms with Crippen molar-refractivity contribution in [2.45, 2.75) is 46.1 Å². The van der Waals surface area contributed by atoms with Gasteiger partial charge in [0.2, 0.25) is 0 Å². The second-order valence-corrected chi connectivity index (χ2v) is 7.27. The van der Waals surface area contributed by atoms with E-state index in [4.69, 9.17) is 0 Å². The molecular formula is C20H27N3O2. The first-order valence-electron chi connectivity index (χ1n) is 9.24. The number of amides is 2. The SMILES string of the molecule is CC(C)Cn1cc(NC(=O)N2CCCCCC2)c2ccccc2c1=O. The van der Waals surface area contributed by atoms with Gasteiger partial charge in [-0.05, 0) is 24.8 Å². The summed E-state index contributed by atoms with van der Waals surface area (Å²) in [4.78, 5) is 27.3. The number of fused-ring (bicyclic) bond motifs is 1. The zero-order valence-corrected chi connectivity index (χ0v) is 15.1. The van der Waals surface area contributed by atoms with E-state index in [0.29, 0.717) is 23.5 Å². The molecule has 1 fully saturated rings. The number of rotatable bonds is 3. The summed E-state index contributed by atoms with van der Waals surface area (Å²) in [5, 5.41) is 4.50. The average Bonchev–Trinajstić information content (AvgIpc) is 2.88. The molecule has 1 aliphatic heterocycles. The minimum Gasteiger partial charge on any atom is -0.325 e. The van der Waals surface area contributed by atoms with Crippen LogP contribution in [0.2, 0.25) is 0 Å². The van der Waals surface area contributed by atoms with Crippen LogP contribution in [0.3, 0.4) is 0 Å². The molecule has 0 unspecified atom stereocenters. The van der Waals surface area contributed by atoms with Crippen LogP contribution in [0, 0.1) is 5.92 Å².